The van der Waals surface area contributed by atoms with Gasteiger partial charge in [0.05, 0.1) is 0 Å². The van der Waals surface area contributed by atoms with Crippen LogP contribution in [-0.2, 0) is 13.0 Å². The van der Waals surface area contributed by atoms with E-state index in [0.717, 1.165) is 6.42 Å². The van der Waals surface area contributed by atoms with Crippen LogP contribution in [0.1, 0.15) is 52.2 Å². The van der Waals surface area contributed by atoms with Crippen LogP contribution in [0.3, 0.4) is 0 Å². The van der Waals surface area contributed by atoms with Gasteiger partial charge in [0.25, 0.3) is 0 Å². The normalized spacial score (nSPS) is 8.13. The number of rotatable bonds is 3. The van der Waals surface area contributed by atoms with Crippen molar-refractivity contribution in [1.82, 2.24) is 0 Å². The van der Waals surface area contributed by atoms with Gasteiger partial charge in [0, 0.05) is 6.54 Å². The Morgan fingerprint density at radius 1 is 1.00 bits per heavy atom. The Morgan fingerprint density at radius 3 is 2.00 bits per heavy atom. The van der Waals surface area contributed by atoms with Crippen molar-refractivity contribution in [3.8, 4) is 0 Å². The zero-order valence-corrected chi connectivity index (χ0v) is 11.0. The first-order chi connectivity index (χ1) is 7.36. The predicted molar refractivity (Wildman–Crippen MR) is 71.0 cm³/mol. The Morgan fingerprint density at radius 2 is 1.53 bits per heavy atom. The highest BCUT2D eigenvalue weighted by molar-refractivity contribution is 5.23. The molecule has 1 nitrogen and oxygen atoms in total. The summed E-state index contributed by atoms with van der Waals surface area (Å²) >= 11 is 0. The lowest BCUT2D eigenvalue weighted by molar-refractivity contribution is 0.915. The average molecular weight is 209 g/mol. The van der Waals surface area contributed by atoms with Gasteiger partial charge in [0.15, 0.2) is 0 Å². The minimum Gasteiger partial charge on any atom is -0.326 e. The standard InChI is InChI=1S/C10H15N.2C2H6/c1-2-4-9-5-3-6-10(7-9)8-11;2*1-2/h3,5-7H,2,4,8,11H2,1H3;2*1-2H3. The van der Waals surface area contributed by atoms with Gasteiger partial charge in [-0.2, -0.15) is 0 Å². The number of aryl methyl sites for hydroxylation is 1. The fourth-order valence-electron chi connectivity index (χ4n) is 1.20. The van der Waals surface area contributed by atoms with Gasteiger partial charge in [-0.1, -0.05) is 65.3 Å². The zero-order valence-electron chi connectivity index (χ0n) is 11.0. The maximum absolute atomic E-state index is 5.51. The monoisotopic (exact) mass is 209 g/mol. The fourth-order valence-corrected chi connectivity index (χ4v) is 1.20. The van der Waals surface area contributed by atoms with Crippen molar-refractivity contribution in [3.05, 3.63) is 35.4 Å². The molecular formula is C14H27N. The summed E-state index contributed by atoms with van der Waals surface area (Å²) in [5.74, 6) is 0. The summed E-state index contributed by atoms with van der Waals surface area (Å²) in [4.78, 5) is 0. The van der Waals surface area contributed by atoms with Gasteiger partial charge >= 0.3 is 0 Å². The smallest absolute Gasteiger partial charge is 0.0178 e. The van der Waals surface area contributed by atoms with Gasteiger partial charge in [0.2, 0.25) is 0 Å². The molecule has 1 heteroatoms. The molecule has 15 heavy (non-hydrogen) atoms. The molecule has 0 aromatic heterocycles. The van der Waals surface area contributed by atoms with Gasteiger partial charge in [-0.25, -0.2) is 0 Å². The van der Waals surface area contributed by atoms with Crippen LogP contribution in [0.5, 0.6) is 0 Å². The quantitative estimate of drug-likeness (QED) is 0.795. The number of hydrogen-bond acceptors (Lipinski definition) is 1. The molecule has 0 aliphatic heterocycles. The molecule has 0 aliphatic carbocycles. The highest BCUT2D eigenvalue weighted by Gasteiger charge is 1.91. The van der Waals surface area contributed by atoms with E-state index in [1.165, 1.54) is 17.5 Å². The lowest BCUT2D eigenvalue weighted by Crippen LogP contribution is -1.96. The van der Waals surface area contributed by atoms with E-state index >= 15 is 0 Å². The molecule has 0 saturated heterocycles. The van der Waals surface area contributed by atoms with Crippen LogP contribution >= 0.6 is 0 Å². The fraction of sp³-hybridized carbons (Fsp3) is 0.571. The van der Waals surface area contributed by atoms with Crippen molar-refractivity contribution in [2.75, 3.05) is 0 Å². The van der Waals surface area contributed by atoms with Crippen LogP contribution in [0.2, 0.25) is 0 Å². The molecule has 0 amide bonds. The maximum atomic E-state index is 5.51. The second-order valence-corrected chi connectivity index (χ2v) is 2.77. The van der Waals surface area contributed by atoms with E-state index in [0.29, 0.717) is 6.54 Å². The van der Waals surface area contributed by atoms with Gasteiger partial charge in [-0.3, -0.25) is 0 Å². The number of benzene rings is 1. The summed E-state index contributed by atoms with van der Waals surface area (Å²) in [7, 11) is 0. The van der Waals surface area contributed by atoms with E-state index in [-0.39, 0.29) is 0 Å². The molecule has 1 aromatic carbocycles. The Hall–Kier alpha value is -0.820. The topological polar surface area (TPSA) is 26.0 Å². The van der Waals surface area contributed by atoms with Crippen LogP contribution in [0.4, 0.5) is 0 Å². The van der Waals surface area contributed by atoms with Crippen LogP contribution < -0.4 is 5.73 Å². The zero-order chi connectivity index (χ0) is 12.1. The Kier molecular flexibility index (Phi) is 14.6. The van der Waals surface area contributed by atoms with Crippen LogP contribution in [0.15, 0.2) is 24.3 Å². The minimum absolute atomic E-state index is 0.650. The molecule has 0 aliphatic rings. The van der Waals surface area contributed by atoms with Crippen LogP contribution in [-0.4, -0.2) is 0 Å². The van der Waals surface area contributed by atoms with E-state index in [1.54, 1.807) is 0 Å². The average Bonchev–Trinajstić information content (AvgIpc) is 2.35. The summed E-state index contributed by atoms with van der Waals surface area (Å²) in [6.45, 7) is 10.8. The molecule has 88 valence electrons. The van der Waals surface area contributed by atoms with Gasteiger partial charge in [-0.15, -0.1) is 0 Å². The molecule has 0 spiro atoms. The van der Waals surface area contributed by atoms with E-state index in [9.17, 15) is 0 Å². The molecule has 0 bridgehead atoms. The van der Waals surface area contributed by atoms with E-state index in [2.05, 4.69) is 31.2 Å². The van der Waals surface area contributed by atoms with Crippen molar-refractivity contribution >= 4 is 0 Å². The molecule has 0 saturated carbocycles. The van der Waals surface area contributed by atoms with E-state index in [4.69, 9.17) is 5.73 Å². The van der Waals surface area contributed by atoms with Crippen molar-refractivity contribution in [1.29, 1.82) is 0 Å². The van der Waals surface area contributed by atoms with Gasteiger partial charge < -0.3 is 5.73 Å². The third kappa shape index (κ3) is 8.19. The summed E-state index contributed by atoms with van der Waals surface area (Å²) in [6, 6.07) is 8.48. The van der Waals surface area contributed by atoms with E-state index in [1.807, 2.05) is 27.7 Å². The van der Waals surface area contributed by atoms with Crippen molar-refractivity contribution < 1.29 is 0 Å². The first-order valence-electron chi connectivity index (χ1n) is 6.14. The second-order valence-electron chi connectivity index (χ2n) is 2.77. The molecule has 2 N–H and O–H groups in total. The summed E-state index contributed by atoms with van der Waals surface area (Å²) in [5.41, 5.74) is 8.15. The SMILES string of the molecule is CC.CC.CCCc1cccc(CN)c1. The summed E-state index contributed by atoms with van der Waals surface area (Å²) in [6.07, 6.45) is 2.36. The highest BCUT2D eigenvalue weighted by atomic mass is 14.5. The molecule has 1 rings (SSSR count). The first-order valence-corrected chi connectivity index (χ1v) is 6.14. The Bertz CT molecular complexity index is 218. The summed E-state index contributed by atoms with van der Waals surface area (Å²) in [5, 5.41) is 0. The van der Waals surface area contributed by atoms with Crippen LogP contribution in [0, 0.1) is 0 Å². The van der Waals surface area contributed by atoms with Crippen molar-refractivity contribution in [2.45, 2.75) is 54.0 Å². The first kappa shape index (κ1) is 16.6. The van der Waals surface area contributed by atoms with Crippen molar-refractivity contribution in [2.24, 2.45) is 5.73 Å². The highest BCUT2D eigenvalue weighted by Crippen LogP contribution is 2.06. The molecular weight excluding hydrogens is 182 g/mol. The van der Waals surface area contributed by atoms with Gasteiger partial charge in [0.1, 0.15) is 0 Å². The number of nitrogens with two attached hydrogens (primary N) is 1. The predicted octanol–water partition coefficient (Wildman–Crippen LogP) is 4.15. The number of hydrogen-bond donors (Lipinski definition) is 1. The molecule has 0 unspecified atom stereocenters. The minimum atomic E-state index is 0.650. The lowest BCUT2D eigenvalue weighted by atomic mass is 10.1. The largest absolute Gasteiger partial charge is 0.326 e. The molecule has 0 fully saturated rings. The third-order valence-electron chi connectivity index (χ3n) is 1.77. The van der Waals surface area contributed by atoms with Gasteiger partial charge in [-0.05, 0) is 17.5 Å². The van der Waals surface area contributed by atoms with Crippen molar-refractivity contribution in [3.63, 3.8) is 0 Å². The Balaban J connectivity index is 0. The van der Waals surface area contributed by atoms with E-state index < -0.39 is 0 Å². The van der Waals surface area contributed by atoms with Crippen LogP contribution in [0.25, 0.3) is 0 Å². The molecule has 0 atom stereocenters. The second kappa shape index (κ2) is 13.2. The Labute approximate surface area is 95.7 Å². The lowest BCUT2D eigenvalue weighted by Gasteiger charge is -2.00. The molecule has 1 aromatic rings. The maximum Gasteiger partial charge on any atom is 0.0178 e. The molecule has 0 radical (unpaired) electrons. The summed E-state index contributed by atoms with van der Waals surface area (Å²) < 4.78 is 0. The third-order valence-corrected chi connectivity index (χ3v) is 1.77. The molecule has 0 heterocycles.